The maximum Gasteiger partial charge on any atom is 0.365 e. The summed E-state index contributed by atoms with van der Waals surface area (Å²) in [6, 6.07) is 6.94. The van der Waals surface area contributed by atoms with Crippen molar-refractivity contribution in [3.8, 4) is 5.75 Å². The van der Waals surface area contributed by atoms with Crippen LogP contribution in [0.15, 0.2) is 60.2 Å². The van der Waals surface area contributed by atoms with Gasteiger partial charge < -0.3 is 37.6 Å². The number of non-ortho nitro benzene ring substituents is 1. The molecule has 2 heterocycles. The minimum Gasteiger partial charge on any atom is -0.457 e. The van der Waals surface area contributed by atoms with E-state index in [1.54, 1.807) is 20.1 Å². The number of benzene rings is 1. The lowest BCUT2D eigenvalue weighted by Crippen LogP contribution is -2.48. The van der Waals surface area contributed by atoms with Crippen LogP contribution in [0.25, 0.3) is 0 Å². The molecule has 2 aliphatic heterocycles. The van der Waals surface area contributed by atoms with Crippen LogP contribution in [0.4, 0.5) is 5.69 Å². The third kappa shape index (κ3) is 17.2. The van der Waals surface area contributed by atoms with Crippen LogP contribution in [0.1, 0.15) is 129 Å². The summed E-state index contributed by atoms with van der Waals surface area (Å²) >= 11 is 0. The summed E-state index contributed by atoms with van der Waals surface area (Å²) in [5, 5.41) is 11.3. The largest absolute Gasteiger partial charge is 0.457 e. The molecule has 0 radical (unpaired) electrons. The molecule has 0 aromatic heterocycles. The Morgan fingerprint density at radius 2 is 1.66 bits per heavy atom. The molecule has 3 rings (SSSR count). The van der Waals surface area contributed by atoms with Gasteiger partial charge in [-0.15, -0.1) is 0 Å². The summed E-state index contributed by atoms with van der Waals surface area (Å²) in [5.41, 5.74) is -1.12. The van der Waals surface area contributed by atoms with Crippen molar-refractivity contribution >= 4 is 25.9 Å². The van der Waals surface area contributed by atoms with Crippen LogP contribution in [-0.2, 0) is 52.1 Å². The van der Waals surface area contributed by atoms with Crippen molar-refractivity contribution in [3.63, 3.8) is 0 Å². The van der Waals surface area contributed by atoms with Crippen LogP contribution in [0, 0.1) is 27.9 Å². The van der Waals surface area contributed by atoms with Gasteiger partial charge in [0.2, 0.25) is 0 Å². The zero-order chi connectivity index (χ0) is 50.1. The van der Waals surface area contributed by atoms with Crippen molar-refractivity contribution in [2.75, 3.05) is 20.3 Å². The molecule has 67 heavy (non-hydrogen) atoms. The molecule has 0 saturated carbocycles. The molecule has 0 spiro atoms. The van der Waals surface area contributed by atoms with Crippen LogP contribution < -0.4 is 4.89 Å². The number of esters is 1. The van der Waals surface area contributed by atoms with Crippen molar-refractivity contribution in [1.29, 1.82) is 0 Å². The fourth-order valence-electron chi connectivity index (χ4n) is 9.41. The Kier molecular flexibility index (Phi) is 23.4. The molecule has 2 aliphatic rings. The average Bonchev–Trinajstić information content (AvgIpc) is 4.04. The highest BCUT2D eigenvalue weighted by Gasteiger charge is 2.49. The van der Waals surface area contributed by atoms with Gasteiger partial charge in [-0.25, -0.2) is 9.68 Å². The van der Waals surface area contributed by atoms with Crippen molar-refractivity contribution in [1.82, 2.24) is 0 Å². The molecule has 1 aromatic rings. The second kappa shape index (κ2) is 27.1. The first kappa shape index (κ1) is 57.8. The van der Waals surface area contributed by atoms with Gasteiger partial charge >= 0.3 is 11.9 Å². The summed E-state index contributed by atoms with van der Waals surface area (Å²) < 4.78 is 50.3. The molecular formula is C51H83NO14Si. The lowest BCUT2D eigenvalue weighted by Gasteiger charge is -2.40. The minimum atomic E-state index is -2.35. The first-order chi connectivity index (χ1) is 31.6. The molecule has 1 aromatic carbocycles. The number of ether oxygens (including phenoxy) is 7. The molecule has 0 bridgehead atoms. The molecule has 12 unspecified atom stereocenters. The number of hydrogen-bond acceptors (Lipinski definition) is 14. The number of nitro benzene ring substituents is 1. The van der Waals surface area contributed by atoms with Gasteiger partial charge in [-0.3, -0.25) is 19.8 Å². The fourth-order valence-corrected chi connectivity index (χ4v) is 13.0. The number of epoxide rings is 1. The zero-order valence-corrected chi connectivity index (χ0v) is 44.1. The normalized spacial score (nSPS) is 27.0. The van der Waals surface area contributed by atoms with Crippen LogP contribution in [0.3, 0.4) is 0 Å². The highest BCUT2D eigenvalue weighted by Crippen LogP contribution is 2.41. The van der Waals surface area contributed by atoms with Gasteiger partial charge in [0, 0.05) is 50.7 Å². The summed E-state index contributed by atoms with van der Waals surface area (Å²) in [6.07, 6.45) is 9.14. The quantitative estimate of drug-likeness (QED) is 0.00987. The number of carbonyl (C=O) groups excluding carboxylic acids is 2. The number of rotatable bonds is 26. The number of cyclic esters (lactones) is 1. The zero-order valence-electron chi connectivity index (χ0n) is 43.1. The highest BCUT2D eigenvalue weighted by atomic mass is 28.4. The number of nitro groups is 1. The maximum absolute atomic E-state index is 14.3. The van der Waals surface area contributed by atoms with Crippen molar-refractivity contribution < 1.29 is 61.9 Å². The lowest BCUT2D eigenvalue weighted by molar-refractivity contribution is -0.384. The Morgan fingerprint density at radius 1 is 1.01 bits per heavy atom. The molecule has 15 nitrogen and oxygen atoms in total. The van der Waals surface area contributed by atoms with Gasteiger partial charge in [0.15, 0.2) is 26.6 Å². The number of hydrogen-bond donors (Lipinski definition) is 0. The predicted molar refractivity (Wildman–Crippen MR) is 260 cm³/mol. The standard InChI is InChI=1S/C51H83NO14Si/c1-16-44(57-15)37(10)48-45(60-48)33-50(13,62-38(11)58-17-2)30-21-22-35(8)47-36(9)23-28-43(49(54)65-64-41-26-24-40(25-27-41)52(55)56)51(14,63-39(12)59-18-3)31-29-42(32-46(53)61-47)66-67(19-4,20-5)34(6)7/h21-28,30,34,36-39,42-45,47-48H,16-20,29,31-33H2,1-15H3. The summed E-state index contributed by atoms with van der Waals surface area (Å²) in [7, 11) is -0.614. The van der Waals surface area contributed by atoms with E-state index in [1.807, 2.05) is 72.8 Å². The molecule has 1 saturated heterocycles. The van der Waals surface area contributed by atoms with Gasteiger partial charge in [0.25, 0.3) is 5.69 Å². The molecule has 380 valence electrons. The third-order valence-corrected chi connectivity index (χ3v) is 18.8. The van der Waals surface area contributed by atoms with Crippen LogP contribution in [0.5, 0.6) is 5.75 Å². The van der Waals surface area contributed by atoms with E-state index in [-0.39, 0.29) is 54.0 Å². The van der Waals surface area contributed by atoms with E-state index in [2.05, 4.69) is 41.5 Å². The number of methoxy groups -OCH3 is 1. The van der Waals surface area contributed by atoms with E-state index in [4.69, 9.17) is 47.4 Å². The van der Waals surface area contributed by atoms with E-state index in [0.29, 0.717) is 26.1 Å². The Hall–Kier alpha value is -3.48. The number of carbonyl (C=O) groups is 2. The molecule has 0 N–H and O–H groups in total. The Morgan fingerprint density at radius 3 is 2.22 bits per heavy atom. The fraction of sp³-hybridized carbons (Fsp3) is 0.725. The summed E-state index contributed by atoms with van der Waals surface area (Å²) in [4.78, 5) is 50.2. The van der Waals surface area contributed by atoms with Crippen LogP contribution in [-0.4, -0.2) is 99.8 Å². The van der Waals surface area contributed by atoms with Crippen LogP contribution >= 0.6 is 0 Å². The summed E-state index contributed by atoms with van der Waals surface area (Å²) in [5.74, 6) is -2.35. The van der Waals surface area contributed by atoms with Gasteiger partial charge in [-0.2, -0.15) is 0 Å². The van der Waals surface area contributed by atoms with Crippen molar-refractivity contribution in [2.45, 2.75) is 201 Å². The van der Waals surface area contributed by atoms with Crippen LogP contribution in [0.2, 0.25) is 17.6 Å². The van der Waals surface area contributed by atoms with Gasteiger partial charge in [-0.1, -0.05) is 78.8 Å². The molecule has 12 atom stereocenters. The third-order valence-electron chi connectivity index (χ3n) is 13.5. The average molecular weight is 962 g/mol. The Bertz CT molecular complexity index is 1780. The molecular weight excluding hydrogens is 879 g/mol. The monoisotopic (exact) mass is 962 g/mol. The first-order valence-electron chi connectivity index (χ1n) is 24.4. The first-order valence-corrected chi connectivity index (χ1v) is 26.8. The lowest BCUT2D eigenvalue weighted by atomic mass is 9.82. The minimum absolute atomic E-state index is 0.00283. The topological polar surface area (TPSA) is 173 Å². The Labute approximate surface area is 401 Å². The SMILES string of the molecule is CCOC(C)OC(C)(C=CC=C(C)C1OC(=O)CC(O[Si](CC)(CC)C(C)C)CCC(C)(OC(C)OCC)C(C(=O)OOc2ccc([N+](=O)[O-])cc2)C=CC1C)CC1OC1C(C)C(CC)OC. The second-order valence-corrected chi connectivity index (χ2v) is 23.8. The maximum atomic E-state index is 14.3. The van der Waals surface area contributed by atoms with E-state index < -0.39 is 73.0 Å². The van der Waals surface area contributed by atoms with Gasteiger partial charge in [0.1, 0.15) is 12.0 Å². The second-order valence-electron chi connectivity index (χ2n) is 18.8. The smallest absolute Gasteiger partial charge is 0.365 e. The number of allylic oxidation sites excluding steroid dienone is 2. The summed E-state index contributed by atoms with van der Waals surface area (Å²) in [6.45, 7) is 28.9. The van der Waals surface area contributed by atoms with Crippen molar-refractivity contribution in [3.05, 3.63) is 70.3 Å². The highest BCUT2D eigenvalue weighted by molar-refractivity contribution is 6.75. The molecule has 0 amide bonds. The number of nitrogens with zero attached hydrogens (tertiary/aromatic N) is 1. The Balaban J connectivity index is 2.11. The van der Waals surface area contributed by atoms with E-state index >= 15 is 0 Å². The van der Waals surface area contributed by atoms with Gasteiger partial charge in [0.05, 0.1) is 47.0 Å². The van der Waals surface area contributed by atoms with E-state index in [0.717, 1.165) is 24.1 Å². The molecule has 0 aliphatic carbocycles. The van der Waals surface area contributed by atoms with Crippen molar-refractivity contribution in [2.24, 2.45) is 17.8 Å². The predicted octanol–water partition coefficient (Wildman–Crippen LogP) is 11.2. The molecule has 1 fully saturated rings. The van der Waals surface area contributed by atoms with E-state index in [1.165, 1.54) is 24.3 Å². The molecule has 16 heteroatoms. The van der Waals surface area contributed by atoms with Gasteiger partial charge in [-0.05, 0) is 103 Å². The van der Waals surface area contributed by atoms with E-state index in [9.17, 15) is 19.7 Å².